The van der Waals surface area contributed by atoms with Crippen LogP contribution < -0.4 is 15.8 Å². The zero-order chi connectivity index (χ0) is 18.7. The van der Waals surface area contributed by atoms with Gasteiger partial charge in [-0.15, -0.1) is 5.10 Å². The van der Waals surface area contributed by atoms with Gasteiger partial charge < -0.3 is 15.8 Å². The van der Waals surface area contributed by atoms with Crippen molar-refractivity contribution in [1.29, 1.82) is 0 Å². The number of nitrogens with two attached hydrogens (primary N) is 1. The molecule has 0 unspecified atom stereocenters. The first-order valence-electron chi connectivity index (χ1n) is 8.02. The number of nitrogens with one attached hydrogen (secondary N) is 1. The molecule has 1 amide bonds. The number of hydrogen-bond donors (Lipinski definition) is 2. The predicted molar refractivity (Wildman–Crippen MR) is 101 cm³/mol. The standard InChI is InChI=1S/C18H18ClN5O2/c1-3-26-13-9-7-12(8-10-13)24-17(20)16(22-23-24)18(25)21-15-6-4-5-14(19)11(15)2/h4-10H,3,20H2,1-2H3,(H,21,25). The SMILES string of the molecule is CCOc1ccc(-n2nnc(C(=O)Nc3cccc(Cl)c3C)c2N)cc1. The summed E-state index contributed by atoms with van der Waals surface area (Å²) < 4.78 is 6.80. The average Bonchev–Trinajstić information content (AvgIpc) is 3.01. The van der Waals surface area contributed by atoms with Gasteiger partial charge in [0.2, 0.25) is 0 Å². The van der Waals surface area contributed by atoms with Gasteiger partial charge >= 0.3 is 0 Å². The minimum atomic E-state index is -0.454. The van der Waals surface area contributed by atoms with Crippen molar-refractivity contribution in [3.63, 3.8) is 0 Å². The van der Waals surface area contributed by atoms with Gasteiger partial charge in [0.25, 0.3) is 5.91 Å². The predicted octanol–water partition coefficient (Wildman–Crippen LogP) is 3.46. The third kappa shape index (κ3) is 3.48. The summed E-state index contributed by atoms with van der Waals surface area (Å²) in [6, 6.07) is 12.4. The number of ether oxygens (including phenoxy) is 1. The number of hydrogen-bond acceptors (Lipinski definition) is 5. The molecule has 26 heavy (non-hydrogen) atoms. The van der Waals surface area contributed by atoms with E-state index in [0.29, 0.717) is 23.0 Å². The van der Waals surface area contributed by atoms with Gasteiger partial charge in [-0.2, -0.15) is 4.68 Å². The lowest BCUT2D eigenvalue weighted by Crippen LogP contribution is -2.15. The van der Waals surface area contributed by atoms with Gasteiger partial charge in [-0.3, -0.25) is 4.79 Å². The second kappa shape index (κ2) is 7.45. The average molecular weight is 372 g/mol. The molecule has 1 heterocycles. The molecule has 0 fully saturated rings. The topological polar surface area (TPSA) is 95.1 Å². The van der Waals surface area contributed by atoms with E-state index in [0.717, 1.165) is 11.3 Å². The number of carbonyl (C=O) groups is 1. The number of nitrogen functional groups attached to an aromatic ring is 1. The van der Waals surface area contributed by atoms with Crippen LogP contribution in [0.5, 0.6) is 5.75 Å². The van der Waals surface area contributed by atoms with Crippen molar-refractivity contribution in [2.45, 2.75) is 13.8 Å². The largest absolute Gasteiger partial charge is 0.494 e. The molecule has 0 aliphatic rings. The Balaban J connectivity index is 1.84. The van der Waals surface area contributed by atoms with E-state index in [-0.39, 0.29) is 11.5 Å². The Morgan fingerprint density at radius 2 is 2.00 bits per heavy atom. The van der Waals surface area contributed by atoms with Crippen LogP contribution in [0.1, 0.15) is 23.0 Å². The summed E-state index contributed by atoms with van der Waals surface area (Å²) >= 11 is 6.08. The number of amides is 1. The van der Waals surface area contributed by atoms with E-state index in [1.165, 1.54) is 4.68 Å². The fourth-order valence-electron chi connectivity index (χ4n) is 2.42. The smallest absolute Gasteiger partial charge is 0.280 e. The number of nitrogens with zero attached hydrogens (tertiary/aromatic N) is 3. The number of halogens is 1. The van der Waals surface area contributed by atoms with Crippen molar-refractivity contribution in [2.75, 3.05) is 17.7 Å². The molecule has 3 N–H and O–H groups in total. The molecule has 3 rings (SSSR count). The molecule has 8 heteroatoms. The molecule has 0 radical (unpaired) electrons. The number of carbonyl (C=O) groups excluding carboxylic acids is 1. The molecule has 0 aliphatic carbocycles. The van der Waals surface area contributed by atoms with Crippen LogP contribution in [0.2, 0.25) is 5.02 Å². The summed E-state index contributed by atoms with van der Waals surface area (Å²) in [5, 5.41) is 11.2. The van der Waals surface area contributed by atoms with Crippen LogP contribution in [0.4, 0.5) is 11.5 Å². The van der Waals surface area contributed by atoms with Crippen LogP contribution in [-0.4, -0.2) is 27.5 Å². The van der Waals surface area contributed by atoms with Gasteiger partial charge in [-0.1, -0.05) is 22.9 Å². The van der Waals surface area contributed by atoms with Crippen molar-refractivity contribution < 1.29 is 9.53 Å². The number of benzene rings is 2. The summed E-state index contributed by atoms with van der Waals surface area (Å²) in [5.41, 5.74) is 8.15. The Bertz CT molecular complexity index is 937. The highest BCUT2D eigenvalue weighted by molar-refractivity contribution is 6.31. The molecule has 0 atom stereocenters. The van der Waals surface area contributed by atoms with E-state index in [4.69, 9.17) is 22.1 Å². The van der Waals surface area contributed by atoms with Crippen LogP contribution in [0.3, 0.4) is 0 Å². The highest BCUT2D eigenvalue weighted by atomic mass is 35.5. The first-order valence-corrected chi connectivity index (χ1v) is 8.40. The number of rotatable bonds is 5. The summed E-state index contributed by atoms with van der Waals surface area (Å²) in [6.07, 6.45) is 0. The highest BCUT2D eigenvalue weighted by Gasteiger charge is 2.19. The second-order valence-electron chi connectivity index (χ2n) is 5.53. The quantitative estimate of drug-likeness (QED) is 0.716. The van der Waals surface area contributed by atoms with E-state index in [2.05, 4.69) is 15.6 Å². The maximum Gasteiger partial charge on any atom is 0.280 e. The third-order valence-corrected chi connectivity index (χ3v) is 4.24. The van der Waals surface area contributed by atoms with Gasteiger partial charge in [0.05, 0.1) is 12.3 Å². The first-order chi connectivity index (χ1) is 12.5. The normalized spacial score (nSPS) is 10.6. The maximum atomic E-state index is 12.5. The molecular weight excluding hydrogens is 354 g/mol. The van der Waals surface area contributed by atoms with E-state index >= 15 is 0 Å². The fourth-order valence-corrected chi connectivity index (χ4v) is 2.59. The van der Waals surface area contributed by atoms with Crippen molar-refractivity contribution in [3.05, 3.63) is 58.7 Å². The zero-order valence-corrected chi connectivity index (χ0v) is 15.1. The Morgan fingerprint density at radius 1 is 1.27 bits per heavy atom. The molecule has 0 aliphatic heterocycles. The molecule has 134 valence electrons. The van der Waals surface area contributed by atoms with Crippen LogP contribution in [0.25, 0.3) is 5.69 Å². The van der Waals surface area contributed by atoms with E-state index in [1.807, 2.05) is 13.8 Å². The molecule has 1 aromatic heterocycles. The van der Waals surface area contributed by atoms with Gasteiger partial charge in [0, 0.05) is 10.7 Å². The summed E-state index contributed by atoms with van der Waals surface area (Å²) in [4.78, 5) is 12.5. The first kappa shape index (κ1) is 17.8. The lowest BCUT2D eigenvalue weighted by atomic mass is 10.2. The van der Waals surface area contributed by atoms with Crippen molar-refractivity contribution >= 4 is 29.0 Å². The molecule has 7 nitrogen and oxygen atoms in total. The molecule has 0 spiro atoms. The Hall–Kier alpha value is -3.06. The molecule has 2 aromatic carbocycles. The van der Waals surface area contributed by atoms with E-state index < -0.39 is 5.91 Å². The van der Waals surface area contributed by atoms with Gasteiger partial charge in [-0.25, -0.2) is 0 Å². The van der Waals surface area contributed by atoms with Gasteiger partial charge in [0.15, 0.2) is 11.5 Å². The molecule has 3 aromatic rings. The van der Waals surface area contributed by atoms with Crippen molar-refractivity contribution in [3.8, 4) is 11.4 Å². The summed E-state index contributed by atoms with van der Waals surface area (Å²) in [7, 11) is 0. The van der Waals surface area contributed by atoms with Gasteiger partial charge in [0.1, 0.15) is 5.75 Å². The van der Waals surface area contributed by atoms with Gasteiger partial charge in [-0.05, 0) is 55.8 Å². The second-order valence-corrected chi connectivity index (χ2v) is 5.94. The fraction of sp³-hybridized carbons (Fsp3) is 0.167. The Morgan fingerprint density at radius 3 is 2.69 bits per heavy atom. The van der Waals surface area contributed by atoms with Crippen molar-refractivity contribution in [1.82, 2.24) is 15.0 Å². The summed E-state index contributed by atoms with van der Waals surface area (Å²) in [5.74, 6) is 0.431. The third-order valence-electron chi connectivity index (χ3n) is 3.83. The molecule has 0 bridgehead atoms. The van der Waals surface area contributed by atoms with Crippen LogP contribution in [0.15, 0.2) is 42.5 Å². The highest BCUT2D eigenvalue weighted by Crippen LogP contribution is 2.24. The number of aromatic nitrogens is 3. The summed E-state index contributed by atoms with van der Waals surface area (Å²) in [6.45, 7) is 4.31. The Kier molecular flexibility index (Phi) is 5.09. The van der Waals surface area contributed by atoms with Crippen LogP contribution in [-0.2, 0) is 0 Å². The minimum Gasteiger partial charge on any atom is -0.494 e. The lowest BCUT2D eigenvalue weighted by Gasteiger charge is -2.09. The van der Waals surface area contributed by atoms with Crippen LogP contribution in [0, 0.1) is 6.92 Å². The lowest BCUT2D eigenvalue weighted by molar-refractivity contribution is 0.102. The molecule has 0 saturated heterocycles. The van der Waals surface area contributed by atoms with Crippen molar-refractivity contribution in [2.24, 2.45) is 0 Å². The van der Waals surface area contributed by atoms with E-state index in [9.17, 15) is 4.79 Å². The van der Waals surface area contributed by atoms with E-state index in [1.54, 1.807) is 42.5 Å². The molecule has 0 saturated carbocycles. The maximum absolute atomic E-state index is 12.5. The zero-order valence-electron chi connectivity index (χ0n) is 14.4. The minimum absolute atomic E-state index is 0.0401. The number of anilines is 2. The monoisotopic (exact) mass is 371 g/mol. The molecular formula is C18H18ClN5O2. The van der Waals surface area contributed by atoms with Crippen LogP contribution >= 0.6 is 11.6 Å². The Labute approximate surface area is 155 Å².